The summed E-state index contributed by atoms with van der Waals surface area (Å²) in [5.74, 6) is 2.91. The molecule has 2 aromatic carbocycles. The average molecular weight is 475 g/mol. The number of nitrogens with one attached hydrogen (secondary N) is 2. The molecule has 0 aromatic heterocycles. The maximum atomic E-state index is 10.5. The molecule has 0 aliphatic carbocycles. The van der Waals surface area contributed by atoms with E-state index in [2.05, 4.69) is 10.3 Å². The lowest BCUT2D eigenvalue weighted by atomic mass is 10.1. The van der Waals surface area contributed by atoms with Crippen molar-refractivity contribution in [1.82, 2.24) is 5.32 Å². The van der Waals surface area contributed by atoms with Crippen LogP contribution >= 0.6 is 0 Å². The SMILES string of the molecule is COc1ccc(OC)c(CCNC(N)=O)c1.COc1cccc(CCN=C=O)c1OC.N=C=O. The van der Waals surface area contributed by atoms with Crippen LogP contribution in [0.15, 0.2) is 41.4 Å². The number of nitrogens with two attached hydrogens (primary N) is 1. The zero-order chi connectivity index (χ0) is 25.8. The Morgan fingerprint density at radius 1 is 0.971 bits per heavy atom. The van der Waals surface area contributed by atoms with E-state index in [1.54, 1.807) is 28.4 Å². The van der Waals surface area contributed by atoms with Crippen LogP contribution in [0.4, 0.5) is 4.79 Å². The number of amides is 2. The first-order valence-corrected chi connectivity index (χ1v) is 9.93. The summed E-state index contributed by atoms with van der Waals surface area (Å²) in [6.07, 6.45) is 3.53. The number of hydrogen-bond acceptors (Lipinski definition) is 9. The number of carbonyl (C=O) groups excluding carboxylic acids is 3. The van der Waals surface area contributed by atoms with Gasteiger partial charge in [0.05, 0.1) is 35.0 Å². The molecule has 2 amide bonds. The lowest BCUT2D eigenvalue weighted by Gasteiger charge is -2.11. The standard InChI is InChI=1S/C11H16N2O3.C11H13NO3.CHNO/c1-15-9-3-4-10(16-2)8(7-9)5-6-13-11(12)14;1-14-10-5-3-4-9(11(10)15-2)6-7-12-8-13;2-1-3/h3-4,7H,5-6H2,1-2H3,(H3,12,13,14);3-5H,6-7H2,1-2H3;2H. The summed E-state index contributed by atoms with van der Waals surface area (Å²) in [5, 5.41) is 7.93. The van der Waals surface area contributed by atoms with Gasteiger partial charge < -0.3 is 30.0 Å². The van der Waals surface area contributed by atoms with E-state index in [0.717, 1.165) is 28.7 Å². The van der Waals surface area contributed by atoms with E-state index in [-0.39, 0.29) is 0 Å². The van der Waals surface area contributed by atoms with Gasteiger partial charge in [0.25, 0.3) is 0 Å². The van der Waals surface area contributed by atoms with Gasteiger partial charge in [0.15, 0.2) is 11.5 Å². The van der Waals surface area contributed by atoms with Gasteiger partial charge in [-0.1, -0.05) is 12.1 Å². The zero-order valence-electron chi connectivity index (χ0n) is 19.7. The Hall–Kier alpha value is -4.33. The van der Waals surface area contributed by atoms with Crippen LogP contribution < -0.4 is 30.0 Å². The summed E-state index contributed by atoms with van der Waals surface area (Å²) >= 11 is 0. The summed E-state index contributed by atoms with van der Waals surface area (Å²) in [7, 11) is 6.38. The minimum Gasteiger partial charge on any atom is -0.497 e. The van der Waals surface area contributed by atoms with Crippen LogP contribution in [0.3, 0.4) is 0 Å². The number of primary amides is 1. The number of rotatable bonds is 10. The predicted molar refractivity (Wildman–Crippen MR) is 125 cm³/mol. The first-order valence-electron chi connectivity index (χ1n) is 9.93. The second kappa shape index (κ2) is 18.3. The normalized spacial score (nSPS) is 8.82. The monoisotopic (exact) mass is 474 g/mol. The second-order valence-corrected chi connectivity index (χ2v) is 6.20. The van der Waals surface area contributed by atoms with E-state index in [4.69, 9.17) is 34.9 Å². The molecule has 0 spiro atoms. The maximum absolute atomic E-state index is 10.5. The Morgan fingerprint density at radius 3 is 2.18 bits per heavy atom. The number of hydrogen-bond donors (Lipinski definition) is 3. The molecule has 0 fully saturated rings. The van der Waals surface area contributed by atoms with Crippen LogP contribution in [-0.4, -0.2) is 59.7 Å². The molecule has 2 aromatic rings. The molecule has 0 saturated heterocycles. The fourth-order valence-electron chi connectivity index (χ4n) is 2.77. The molecular weight excluding hydrogens is 444 g/mol. The minimum absolute atomic E-state index is 0.410. The van der Waals surface area contributed by atoms with Gasteiger partial charge in [-0.2, -0.15) is 0 Å². The van der Waals surface area contributed by atoms with Crippen LogP contribution in [0, 0.1) is 5.41 Å². The second-order valence-electron chi connectivity index (χ2n) is 6.20. The average Bonchev–Trinajstić information content (AvgIpc) is 2.84. The molecule has 184 valence electrons. The molecule has 0 aliphatic heterocycles. The van der Waals surface area contributed by atoms with Gasteiger partial charge in [-0.05, 0) is 48.2 Å². The van der Waals surface area contributed by atoms with Crippen molar-refractivity contribution < 1.29 is 33.3 Å². The van der Waals surface area contributed by atoms with Crippen LogP contribution in [0.25, 0.3) is 0 Å². The smallest absolute Gasteiger partial charge is 0.312 e. The number of para-hydroxylation sites is 1. The number of benzene rings is 2. The van der Waals surface area contributed by atoms with E-state index >= 15 is 0 Å². The molecule has 0 saturated carbocycles. The summed E-state index contributed by atoms with van der Waals surface area (Å²) in [6, 6.07) is 10.6. The number of urea groups is 1. The van der Waals surface area contributed by atoms with Crippen molar-refractivity contribution in [1.29, 1.82) is 5.41 Å². The molecule has 2 rings (SSSR count). The van der Waals surface area contributed by atoms with Gasteiger partial charge in [0.1, 0.15) is 11.5 Å². The molecular formula is C23H30N4O7. The molecule has 4 N–H and O–H groups in total. The van der Waals surface area contributed by atoms with Crippen molar-refractivity contribution >= 4 is 18.2 Å². The Balaban J connectivity index is 0.000000575. The number of ether oxygens (including phenoxy) is 4. The van der Waals surface area contributed by atoms with E-state index in [1.165, 1.54) is 6.08 Å². The Kier molecular flexibility index (Phi) is 15.9. The Labute approximate surface area is 198 Å². The van der Waals surface area contributed by atoms with Crippen molar-refractivity contribution in [3.8, 4) is 23.0 Å². The first kappa shape index (κ1) is 29.7. The highest BCUT2D eigenvalue weighted by Gasteiger charge is 2.08. The lowest BCUT2D eigenvalue weighted by molar-refractivity contribution is 0.249. The first-order chi connectivity index (χ1) is 16.4. The predicted octanol–water partition coefficient (Wildman–Crippen LogP) is 2.40. The van der Waals surface area contributed by atoms with Crippen molar-refractivity contribution in [2.24, 2.45) is 10.7 Å². The summed E-state index contributed by atoms with van der Waals surface area (Å²) < 4.78 is 20.7. The molecule has 0 heterocycles. The largest absolute Gasteiger partial charge is 0.497 e. The fourth-order valence-corrected chi connectivity index (χ4v) is 2.77. The van der Waals surface area contributed by atoms with E-state index in [0.29, 0.717) is 37.4 Å². The van der Waals surface area contributed by atoms with Gasteiger partial charge in [-0.15, -0.1) is 0 Å². The summed E-state index contributed by atoms with van der Waals surface area (Å²) in [6.45, 7) is 0.881. The number of methoxy groups -OCH3 is 4. The molecule has 0 unspecified atom stereocenters. The topological polar surface area (TPSA) is 162 Å². The van der Waals surface area contributed by atoms with Gasteiger partial charge in [0.2, 0.25) is 12.2 Å². The highest BCUT2D eigenvalue weighted by molar-refractivity contribution is 5.71. The lowest BCUT2D eigenvalue weighted by Crippen LogP contribution is -2.31. The number of isocyanates is 2. The summed E-state index contributed by atoms with van der Waals surface area (Å²) in [4.78, 5) is 32.3. The van der Waals surface area contributed by atoms with Crippen LogP contribution in [0.2, 0.25) is 0 Å². The molecule has 11 nitrogen and oxygen atoms in total. The van der Waals surface area contributed by atoms with Crippen molar-refractivity contribution in [2.75, 3.05) is 41.5 Å². The highest BCUT2D eigenvalue weighted by Crippen LogP contribution is 2.30. The van der Waals surface area contributed by atoms with Crippen LogP contribution in [0.1, 0.15) is 11.1 Å². The molecule has 0 bridgehead atoms. The quantitative estimate of drug-likeness (QED) is 0.352. The maximum Gasteiger partial charge on any atom is 0.312 e. The van der Waals surface area contributed by atoms with Crippen molar-refractivity contribution in [2.45, 2.75) is 12.8 Å². The van der Waals surface area contributed by atoms with Crippen LogP contribution in [-0.2, 0) is 22.4 Å². The number of nitrogens with zero attached hydrogens (tertiary/aromatic N) is 1. The van der Waals surface area contributed by atoms with Crippen LogP contribution in [0.5, 0.6) is 23.0 Å². The van der Waals surface area contributed by atoms with Gasteiger partial charge >= 0.3 is 6.03 Å². The van der Waals surface area contributed by atoms with Gasteiger partial charge in [0, 0.05) is 6.54 Å². The third-order valence-corrected chi connectivity index (χ3v) is 4.22. The fraction of sp³-hybridized carbons (Fsp3) is 0.348. The zero-order valence-corrected chi connectivity index (χ0v) is 19.7. The summed E-state index contributed by atoms with van der Waals surface area (Å²) in [5.41, 5.74) is 6.91. The van der Waals surface area contributed by atoms with E-state index in [9.17, 15) is 9.59 Å². The van der Waals surface area contributed by atoms with Gasteiger partial charge in [-0.3, -0.25) is 0 Å². The molecule has 0 aliphatic rings. The number of aliphatic imine (C=N–C) groups is 1. The van der Waals surface area contributed by atoms with E-state index in [1.807, 2.05) is 36.4 Å². The van der Waals surface area contributed by atoms with E-state index < -0.39 is 6.03 Å². The molecule has 34 heavy (non-hydrogen) atoms. The molecule has 0 atom stereocenters. The Bertz CT molecular complexity index is 970. The number of carbonyl (C=O) groups is 1. The minimum atomic E-state index is -0.526. The molecule has 0 radical (unpaired) electrons. The molecule has 11 heteroatoms. The highest BCUT2D eigenvalue weighted by atomic mass is 16.5. The Morgan fingerprint density at radius 2 is 1.65 bits per heavy atom. The van der Waals surface area contributed by atoms with Crippen molar-refractivity contribution in [3.05, 3.63) is 47.5 Å². The third-order valence-electron chi connectivity index (χ3n) is 4.22. The third kappa shape index (κ3) is 11.3. The van der Waals surface area contributed by atoms with Gasteiger partial charge in [-0.25, -0.2) is 24.8 Å². The van der Waals surface area contributed by atoms with Crippen molar-refractivity contribution in [3.63, 3.8) is 0 Å².